The van der Waals surface area contributed by atoms with E-state index in [4.69, 9.17) is 0 Å². The molecule has 0 saturated carbocycles. The first kappa shape index (κ1) is 14.3. The van der Waals surface area contributed by atoms with Crippen LogP contribution in [0, 0.1) is 13.8 Å². The Hall–Kier alpha value is -2.61. The first-order valence-electron chi connectivity index (χ1n) is 7.47. The molecule has 0 bridgehead atoms. The maximum atomic E-state index is 12.3. The first-order chi connectivity index (χ1) is 10.6. The molecule has 0 unspecified atom stereocenters. The van der Waals surface area contributed by atoms with Gasteiger partial charge in [0.25, 0.3) is 0 Å². The van der Waals surface area contributed by atoms with Crippen LogP contribution in [0.2, 0.25) is 0 Å². The van der Waals surface area contributed by atoms with Crippen LogP contribution in [0.25, 0.3) is 10.8 Å². The lowest BCUT2D eigenvalue weighted by Crippen LogP contribution is -2.14. The number of hydrogen-bond acceptors (Lipinski definition) is 1. The highest BCUT2D eigenvalue weighted by Gasteiger charge is 2.07. The van der Waals surface area contributed by atoms with Crippen molar-refractivity contribution in [3.63, 3.8) is 0 Å². The van der Waals surface area contributed by atoms with Gasteiger partial charge in [-0.2, -0.15) is 0 Å². The lowest BCUT2D eigenvalue weighted by atomic mass is 10.0. The maximum absolute atomic E-state index is 12.3. The number of carbonyl (C=O) groups is 1. The van der Waals surface area contributed by atoms with Gasteiger partial charge in [0.05, 0.1) is 6.42 Å². The van der Waals surface area contributed by atoms with Crippen molar-refractivity contribution < 1.29 is 4.79 Å². The molecule has 0 saturated heterocycles. The Balaban J connectivity index is 1.80. The molecule has 0 aliphatic carbocycles. The Bertz CT molecular complexity index is 831. The van der Waals surface area contributed by atoms with Crippen molar-refractivity contribution in [3.8, 4) is 0 Å². The van der Waals surface area contributed by atoms with Crippen LogP contribution in [0.4, 0.5) is 5.69 Å². The number of amides is 1. The maximum Gasteiger partial charge on any atom is 0.228 e. The van der Waals surface area contributed by atoms with E-state index in [1.165, 1.54) is 11.1 Å². The zero-order valence-corrected chi connectivity index (χ0v) is 12.9. The third kappa shape index (κ3) is 3.01. The van der Waals surface area contributed by atoms with Crippen molar-refractivity contribution >= 4 is 22.4 Å². The normalized spacial score (nSPS) is 10.6. The molecule has 0 aromatic heterocycles. The average Bonchev–Trinajstić information content (AvgIpc) is 2.51. The predicted octanol–water partition coefficient (Wildman–Crippen LogP) is 4.64. The summed E-state index contributed by atoms with van der Waals surface area (Å²) in [5.41, 5.74) is 4.38. The molecule has 0 spiro atoms. The van der Waals surface area contributed by atoms with Gasteiger partial charge >= 0.3 is 0 Å². The summed E-state index contributed by atoms with van der Waals surface area (Å²) in [6.07, 6.45) is 0.393. The molecule has 22 heavy (non-hydrogen) atoms. The smallest absolute Gasteiger partial charge is 0.228 e. The number of aryl methyl sites for hydroxylation is 2. The van der Waals surface area contributed by atoms with Gasteiger partial charge in [-0.1, -0.05) is 54.6 Å². The molecule has 0 aliphatic heterocycles. The van der Waals surface area contributed by atoms with E-state index in [-0.39, 0.29) is 5.91 Å². The summed E-state index contributed by atoms with van der Waals surface area (Å²) in [5, 5.41) is 5.23. The van der Waals surface area contributed by atoms with E-state index in [9.17, 15) is 4.79 Å². The standard InChI is InChI=1S/C20H19NO/c1-14-10-11-16(12-15(14)2)13-20(22)21-19-9-5-7-17-6-3-4-8-18(17)19/h3-12H,13H2,1-2H3,(H,21,22). The fourth-order valence-corrected chi connectivity index (χ4v) is 2.63. The molecule has 0 atom stereocenters. The lowest BCUT2D eigenvalue weighted by molar-refractivity contribution is -0.115. The van der Waals surface area contributed by atoms with Gasteiger partial charge in [0, 0.05) is 11.1 Å². The Labute approximate surface area is 130 Å². The average molecular weight is 289 g/mol. The fraction of sp³-hybridized carbons (Fsp3) is 0.150. The highest BCUT2D eigenvalue weighted by molar-refractivity contribution is 6.02. The number of fused-ring (bicyclic) bond motifs is 1. The molecule has 0 radical (unpaired) electrons. The summed E-state index contributed by atoms with van der Waals surface area (Å²) in [7, 11) is 0. The summed E-state index contributed by atoms with van der Waals surface area (Å²) < 4.78 is 0. The number of nitrogens with one attached hydrogen (secondary N) is 1. The van der Waals surface area contributed by atoms with Crippen molar-refractivity contribution in [1.82, 2.24) is 0 Å². The van der Waals surface area contributed by atoms with Gasteiger partial charge in [0.1, 0.15) is 0 Å². The van der Waals surface area contributed by atoms with Crippen LogP contribution >= 0.6 is 0 Å². The Morgan fingerprint density at radius 1 is 0.909 bits per heavy atom. The van der Waals surface area contributed by atoms with Crippen molar-refractivity contribution in [1.29, 1.82) is 0 Å². The van der Waals surface area contributed by atoms with Gasteiger partial charge in [-0.15, -0.1) is 0 Å². The van der Waals surface area contributed by atoms with Gasteiger partial charge in [-0.05, 0) is 42.0 Å². The van der Waals surface area contributed by atoms with E-state index in [2.05, 4.69) is 31.3 Å². The van der Waals surface area contributed by atoms with Gasteiger partial charge in [0.2, 0.25) is 5.91 Å². The van der Waals surface area contributed by atoms with Crippen LogP contribution in [0.15, 0.2) is 60.7 Å². The first-order valence-corrected chi connectivity index (χ1v) is 7.47. The largest absolute Gasteiger partial charge is 0.325 e. The SMILES string of the molecule is Cc1ccc(CC(=O)Nc2cccc3ccccc23)cc1C. The summed E-state index contributed by atoms with van der Waals surface area (Å²) in [4.78, 5) is 12.3. The molecule has 0 heterocycles. The van der Waals surface area contributed by atoms with Gasteiger partial charge in [0.15, 0.2) is 0 Å². The molecular weight excluding hydrogens is 270 g/mol. The Morgan fingerprint density at radius 2 is 1.68 bits per heavy atom. The second-order valence-corrected chi connectivity index (χ2v) is 5.67. The molecule has 1 N–H and O–H groups in total. The van der Waals surface area contributed by atoms with Crippen LogP contribution in [-0.2, 0) is 11.2 Å². The van der Waals surface area contributed by atoms with Crippen molar-refractivity contribution in [3.05, 3.63) is 77.4 Å². The quantitative estimate of drug-likeness (QED) is 0.748. The van der Waals surface area contributed by atoms with Crippen LogP contribution in [-0.4, -0.2) is 5.91 Å². The number of rotatable bonds is 3. The monoisotopic (exact) mass is 289 g/mol. The zero-order chi connectivity index (χ0) is 15.5. The number of hydrogen-bond donors (Lipinski definition) is 1. The highest BCUT2D eigenvalue weighted by Crippen LogP contribution is 2.23. The van der Waals surface area contributed by atoms with E-state index in [0.29, 0.717) is 6.42 Å². The van der Waals surface area contributed by atoms with Crippen LogP contribution in [0.3, 0.4) is 0 Å². The molecule has 0 fully saturated rings. The van der Waals surface area contributed by atoms with Crippen LogP contribution in [0.5, 0.6) is 0 Å². The predicted molar refractivity (Wildman–Crippen MR) is 92.2 cm³/mol. The molecule has 1 amide bonds. The van der Waals surface area contributed by atoms with Crippen molar-refractivity contribution in [2.24, 2.45) is 0 Å². The van der Waals surface area contributed by atoms with E-state index in [1.54, 1.807) is 0 Å². The summed E-state index contributed by atoms with van der Waals surface area (Å²) in [6.45, 7) is 4.15. The zero-order valence-electron chi connectivity index (χ0n) is 12.9. The minimum absolute atomic E-state index is 0.0135. The second-order valence-electron chi connectivity index (χ2n) is 5.67. The molecule has 3 aromatic rings. The Morgan fingerprint density at radius 3 is 2.50 bits per heavy atom. The minimum atomic E-state index is 0.0135. The molecule has 0 aliphatic rings. The van der Waals surface area contributed by atoms with Gasteiger partial charge < -0.3 is 5.32 Å². The minimum Gasteiger partial charge on any atom is -0.325 e. The molecular formula is C20H19NO. The van der Waals surface area contributed by atoms with Crippen LogP contribution < -0.4 is 5.32 Å². The highest BCUT2D eigenvalue weighted by atomic mass is 16.1. The number of anilines is 1. The third-order valence-corrected chi connectivity index (χ3v) is 4.00. The molecule has 2 heteroatoms. The molecule has 3 rings (SSSR count). The van der Waals surface area contributed by atoms with Crippen molar-refractivity contribution in [2.75, 3.05) is 5.32 Å². The third-order valence-electron chi connectivity index (χ3n) is 4.00. The van der Waals surface area contributed by atoms with E-state index >= 15 is 0 Å². The van der Waals surface area contributed by atoms with E-state index in [0.717, 1.165) is 22.0 Å². The van der Waals surface area contributed by atoms with Crippen LogP contribution in [0.1, 0.15) is 16.7 Å². The van der Waals surface area contributed by atoms with Crippen molar-refractivity contribution in [2.45, 2.75) is 20.3 Å². The Kier molecular flexibility index (Phi) is 3.92. The summed E-state index contributed by atoms with van der Waals surface area (Å²) >= 11 is 0. The molecule has 3 aromatic carbocycles. The number of benzene rings is 3. The lowest BCUT2D eigenvalue weighted by Gasteiger charge is -2.09. The second kappa shape index (κ2) is 6.02. The van der Waals surface area contributed by atoms with Gasteiger partial charge in [-0.25, -0.2) is 0 Å². The molecule has 110 valence electrons. The number of carbonyl (C=O) groups excluding carboxylic acids is 1. The fourth-order valence-electron chi connectivity index (χ4n) is 2.63. The molecule has 2 nitrogen and oxygen atoms in total. The van der Waals surface area contributed by atoms with E-state index in [1.807, 2.05) is 48.5 Å². The van der Waals surface area contributed by atoms with E-state index < -0.39 is 0 Å². The summed E-state index contributed by atoms with van der Waals surface area (Å²) in [6, 6.07) is 20.2. The van der Waals surface area contributed by atoms with Gasteiger partial charge in [-0.3, -0.25) is 4.79 Å². The summed E-state index contributed by atoms with van der Waals surface area (Å²) in [5.74, 6) is 0.0135. The topological polar surface area (TPSA) is 29.1 Å².